The zero-order valence-corrected chi connectivity index (χ0v) is 38.7. The summed E-state index contributed by atoms with van der Waals surface area (Å²) in [6.07, 6.45) is 7.86. The fourth-order valence-corrected chi connectivity index (χ4v) is 8.28. The van der Waals surface area contributed by atoms with Crippen molar-refractivity contribution in [1.82, 2.24) is 30.3 Å². The van der Waals surface area contributed by atoms with E-state index in [0.717, 1.165) is 11.1 Å². The maximum atomic E-state index is 14.6. The van der Waals surface area contributed by atoms with Gasteiger partial charge in [-0.2, -0.15) is 0 Å². The van der Waals surface area contributed by atoms with Crippen molar-refractivity contribution >= 4 is 35.4 Å². The largest absolute Gasteiger partial charge is 0.467 e. The Balaban J connectivity index is 1.82. The lowest BCUT2D eigenvalue weighted by Gasteiger charge is -2.41. The molecule has 0 saturated carbocycles. The zero-order valence-electron chi connectivity index (χ0n) is 38.7. The topological polar surface area (TPSA) is 186 Å². The Morgan fingerprint density at radius 3 is 2.11 bits per heavy atom. The average molecular weight is 862 g/mol. The van der Waals surface area contributed by atoms with Gasteiger partial charge in [0.1, 0.15) is 17.9 Å². The molecule has 0 unspecified atom stereocenters. The molecule has 2 heterocycles. The average Bonchev–Trinajstić information content (AvgIpc) is 3.24. The Labute approximate surface area is 368 Å². The van der Waals surface area contributed by atoms with Crippen LogP contribution in [0.3, 0.4) is 0 Å². The first-order valence-corrected chi connectivity index (χ1v) is 21.5. The van der Waals surface area contributed by atoms with Gasteiger partial charge in [-0.25, -0.2) is 9.78 Å². The third kappa shape index (κ3) is 13.7. The molecular formula is C47H71N7O8. The van der Waals surface area contributed by atoms with Crippen molar-refractivity contribution in [2.45, 2.75) is 117 Å². The van der Waals surface area contributed by atoms with Gasteiger partial charge in [-0.15, -0.1) is 0 Å². The maximum absolute atomic E-state index is 14.6. The number of hydrogen-bond donors (Lipinski definition) is 3. The van der Waals surface area contributed by atoms with Crippen LogP contribution in [0.1, 0.15) is 72.4 Å². The van der Waals surface area contributed by atoms with Gasteiger partial charge in [0.25, 0.3) is 0 Å². The van der Waals surface area contributed by atoms with Gasteiger partial charge in [0, 0.05) is 46.6 Å². The lowest BCUT2D eigenvalue weighted by atomic mass is 9.89. The molecule has 0 bridgehead atoms. The van der Waals surface area contributed by atoms with Crippen molar-refractivity contribution in [1.29, 1.82) is 0 Å². The summed E-state index contributed by atoms with van der Waals surface area (Å²) < 4.78 is 17.0. The van der Waals surface area contributed by atoms with E-state index in [9.17, 15) is 24.0 Å². The fraction of sp³-hybridized carbons (Fsp3) is 0.574. The maximum Gasteiger partial charge on any atom is 0.328 e. The minimum Gasteiger partial charge on any atom is -0.467 e. The number of nitrogen functional groups attached to an aromatic ring is 1. The number of esters is 1. The Morgan fingerprint density at radius 1 is 0.871 bits per heavy atom. The van der Waals surface area contributed by atoms with E-state index in [2.05, 4.69) is 15.6 Å². The molecule has 3 rings (SSSR count). The number of ether oxygens (including phenoxy) is 3. The van der Waals surface area contributed by atoms with Gasteiger partial charge in [0.05, 0.1) is 49.8 Å². The molecule has 0 spiro atoms. The molecule has 0 radical (unpaired) electrons. The van der Waals surface area contributed by atoms with Crippen molar-refractivity contribution < 1.29 is 38.2 Å². The number of likely N-dealkylation sites (N-methyl/N-ethyl adjacent to an activating group) is 2. The van der Waals surface area contributed by atoms with Crippen LogP contribution in [-0.2, 0) is 51.1 Å². The smallest absolute Gasteiger partial charge is 0.328 e. The zero-order chi connectivity index (χ0) is 46.3. The van der Waals surface area contributed by atoms with E-state index in [1.54, 1.807) is 55.6 Å². The van der Waals surface area contributed by atoms with Crippen LogP contribution < -0.4 is 16.4 Å². The minimum atomic E-state index is -0.937. The third-order valence-electron chi connectivity index (χ3n) is 11.8. The van der Waals surface area contributed by atoms with Crippen LogP contribution in [0.4, 0.5) is 5.82 Å². The lowest BCUT2D eigenvalue weighted by Crippen LogP contribution is -2.60. The molecule has 342 valence electrons. The van der Waals surface area contributed by atoms with E-state index < -0.39 is 60.2 Å². The summed E-state index contributed by atoms with van der Waals surface area (Å²) >= 11 is 0. The molecule has 4 amide bonds. The summed E-state index contributed by atoms with van der Waals surface area (Å²) in [7, 11) is 7.84. The number of allylic oxidation sites excluding steroid dienone is 2. The number of nitrogens with two attached hydrogens (primary N) is 1. The van der Waals surface area contributed by atoms with Gasteiger partial charge in [0.15, 0.2) is 0 Å². The SMILES string of the molecule is CC[C@H](C)[C@@H]([C@@H](CC(=O)N1C=CC=C[C@H]1[C@H](OC)[C@@H](C)C(=O)N[C@@H](Cc1ccccc1)C(=O)OC)OC)N(C)C(=O)[C@@H](NC(=O)[C@H](C(C)C)N(C)Cc1ccnc(N)c1)C(C)C. The molecule has 1 aromatic heterocycles. The summed E-state index contributed by atoms with van der Waals surface area (Å²) in [5, 5.41) is 5.92. The third-order valence-corrected chi connectivity index (χ3v) is 11.8. The molecule has 15 heteroatoms. The van der Waals surface area contributed by atoms with Gasteiger partial charge in [0.2, 0.25) is 23.6 Å². The Morgan fingerprint density at radius 2 is 1.55 bits per heavy atom. The van der Waals surface area contributed by atoms with Crippen molar-refractivity contribution in [3.8, 4) is 0 Å². The van der Waals surface area contributed by atoms with E-state index >= 15 is 0 Å². The van der Waals surface area contributed by atoms with Crippen LogP contribution in [0.5, 0.6) is 0 Å². The van der Waals surface area contributed by atoms with Crippen molar-refractivity contribution in [3.63, 3.8) is 0 Å². The van der Waals surface area contributed by atoms with Crippen LogP contribution in [0.2, 0.25) is 0 Å². The fourth-order valence-electron chi connectivity index (χ4n) is 8.28. The molecule has 0 fully saturated rings. The van der Waals surface area contributed by atoms with Gasteiger partial charge in [-0.3, -0.25) is 24.1 Å². The van der Waals surface area contributed by atoms with Crippen LogP contribution >= 0.6 is 0 Å². The number of aromatic nitrogens is 1. The molecule has 1 aliphatic rings. The predicted octanol–water partition coefficient (Wildman–Crippen LogP) is 4.37. The van der Waals surface area contributed by atoms with Crippen LogP contribution in [0.15, 0.2) is 73.1 Å². The Kier molecular flexibility index (Phi) is 20.2. The Hall–Kier alpha value is -5.12. The summed E-state index contributed by atoms with van der Waals surface area (Å²) in [5.41, 5.74) is 7.67. The van der Waals surface area contributed by atoms with Gasteiger partial charge >= 0.3 is 5.97 Å². The normalized spacial score (nSPS) is 17.7. The highest BCUT2D eigenvalue weighted by atomic mass is 16.5. The number of nitrogens with zero attached hydrogens (tertiary/aromatic N) is 4. The van der Waals surface area contributed by atoms with E-state index in [1.807, 2.05) is 89.9 Å². The summed E-state index contributed by atoms with van der Waals surface area (Å²) in [4.78, 5) is 78.7. The summed E-state index contributed by atoms with van der Waals surface area (Å²) in [6.45, 7) is 13.9. The number of rotatable bonds is 23. The van der Waals surface area contributed by atoms with Gasteiger partial charge in [-0.1, -0.05) is 97.4 Å². The number of benzene rings is 1. The number of hydrogen-bond acceptors (Lipinski definition) is 11. The number of methoxy groups -OCH3 is 3. The lowest BCUT2D eigenvalue weighted by molar-refractivity contribution is -0.148. The molecular weight excluding hydrogens is 791 g/mol. The number of nitrogens with one attached hydrogen (secondary N) is 2. The number of carbonyl (C=O) groups excluding carboxylic acids is 5. The molecule has 1 aromatic carbocycles. The van der Waals surface area contributed by atoms with Crippen molar-refractivity contribution in [2.24, 2.45) is 23.7 Å². The molecule has 9 atom stereocenters. The highest BCUT2D eigenvalue weighted by Crippen LogP contribution is 2.27. The van der Waals surface area contributed by atoms with Crippen LogP contribution in [0.25, 0.3) is 0 Å². The summed E-state index contributed by atoms with van der Waals surface area (Å²) in [6, 6.07) is 9.36. The van der Waals surface area contributed by atoms with Crippen molar-refractivity contribution in [2.75, 3.05) is 41.2 Å². The molecule has 62 heavy (non-hydrogen) atoms. The van der Waals surface area contributed by atoms with E-state index in [1.165, 1.54) is 26.2 Å². The standard InChI is InChI=1S/C47H71N7O8/c1-13-31(6)42(53(9)46(58)40(29(2)3)51-45(57)41(30(4)5)52(8)28-34-22-23-49-38(48)26-34)37(60-10)27-39(55)54-24-18-17-21-36(54)43(61-11)32(7)44(56)50-35(47(59)62-12)25-33-19-15-14-16-20-33/h14-24,26,29-32,35-37,40-43H,13,25,27-28H2,1-12H3,(H2,48,49)(H,50,56)(H,51,57)/t31-,32+,35-,36-,37+,40-,41-,42-,43+/m0/s1. The Bertz CT molecular complexity index is 1840. The second-order valence-corrected chi connectivity index (χ2v) is 17.0. The highest BCUT2D eigenvalue weighted by molar-refractivity contribution is 5.90. The highest BCUT2D eigenvalue weighted by Gasteiger charge is 2.42. The number of amides is 4. The molecule has 0 aliphatic carbocycles. The predicted molar refractivity (Wildman–Crippen MR) is 240 cm³/mol. The van der Waals surface area contributed by atoms with E-state index in [-0.39, 0.29) is 48.3 Å². The van der Waals surface area contributed by atoms with Crippen molar-refractivity contribution in [3.05, 3.63) is 84.2 Å². The monoisotopic (exact) mass is 862 g/mol. The number of carbonyl (C=O) groups is 5. The van der Waals surface area contributed by atoms with Crippen LogP contribution in [0, 0.1) is 23.7 Å². The molecule has 2 aromatic rings. The first-order chi connectivity index (χ1) is 29.4. The quantitative estimate of drug-likeness (QED) is 0.135. The second-order valence-electron chi connectivity index (χ2n) is 17.0. The molecule has 4 N–H and O–H groups in total. The first-order valence-electron chi connectivity index (χ1n) is 21.5. The number of pyridine rings is 1. The van der Waals surface area contributed by atoms with E-state index in [0.29, 0.717) is 18.8 Å². The minimum absolute atomic E-state index is 0.0782. The summed E-state index contributed by atoms with van der Waals surface area (Å²) in [5.74, 6) is -2.75. The number of anilines is 1. The molecule has 15 nitrogen and oxygen atoms in total. The van der Waals surface area contributed by atoms with Gasteiger partial charge < -0.3 is 40.4 Å². The van der Waals surface area contributed by atoms with E-state index in [4.69, 9.17) is 19.9 Å². The van der Waals surface area contributed by atoms with Gasteiger partial charge in [-0.05, 0) is 54.1 Å². The first kappa shape index (κ1) is 51.2. The molecule has 0 saturated heterocycles. The second kappa shape index (κ2) is 24.5. The van der Waals surface area contributed by atoms with Crippen LogP contribution in [-0.4, -0.2) is 127 Å². The molecule has 1 aliphatic heterocycles.